The number of hydrogen-bond acceptors (Lipinski definition) is 11. The van der Waals surface area contributed by atoms with Crippen LogP contribution in [0.3, 0.4) is 0 Å². The highest BCUT2D eigenvalue weighted by atomic mass is 16.7. The van der Waals surface area contributed by atoms with Crippen LogP contribution in [0.4, 0.5) is 0 Å². The zero-order valence-electron chi connectivity index (χ0n) is 20.2. The third-order valence-electron chi connectivity index (χ3n) is 7.46. The smallest absolute Gasteiger partial charge is 0.202 e. The van der Waals surface area contributed by atoms with Crippen LogP contribution in [0.2, 0.25) is 0 Å². The van der Waals surface area contributed by atoms with Crippen molar-refractivity contribution in [3.63, 3.8) is 0 Å². The third-order valence-corrected chi connectivity index (χ3v) is 7.46. The van der Waals surface area contributed by atoms with E-state index in [0.717, 1.165) is 0 Å². The largest absolute Gasteiger partial charge is 0.507 e. The van der Waals surface area contributed by atoms with Gasteiger partial charge in [0.25, 0.3) is 0 Å². The van der Waals surface area contributed by atoms with Crippen LogP contribution in [0, 0.1) is 0 Å². The Hall–Kier alpha value is -3.35. The van der Waals surface area contributed by atoms with Crippen molar-refractivity contribution in [3.8, 4) is 17.2 Å². The van der Waals surface area contributed by atoms with E-state index in [2.05, 4.69) is 0 Å². The van der Waals surface area contributed by atoms with Crippen molar-refractivity contribution in [1.29, 1.82) is 0 Å². The molecule has 196 valence electrons. The van der Waals surface area contributed by atoms with Crippen molar-refractivity contribution in [1.82, 2.24) is 0 Å². The second-order valence-electron chi connectivity index (χ2n) is 9.70. The fraction of sp³-hybridized carbons (Fsp3) is 0.423. The Morgan fingerprint density at radius 3 is 2.49 bits per heavy atom. The monoisotopic (exact) mass is 513 g/mol. The maximum atomic E-state index is 13.6. The molecule has 5 atom stereocenters. The zero-order valence-corrected chi connectivity index (χ0v) is 20.2. The van der Waals surface area contributed by atoms with Gasteiger partial charge in [-0.25, -0.2) is 0 Å². The molecule has 2 aromatic carbocycles. The summed E-state index contributed by atoms with van der Waals surface area (Å²) in [4.78, 5) is 39.5. The molecule has 0 amide bonds. The number of benzene rings is 2. The summed E-state index contributed by atoms with van der Waals surface area (Å²) in [5, 5.41) is 43.7. The highest BCUT2D eigenvalue weighted by molar-refractivity contribution is 6.31. The fourth-order valence-electron chi connectivity index (χ4n) is 5.36. The SMILES string of the molecule is COc1cccc2c1C(=O)c1c(O)c3c(c(O)c1C2=O)CC(O)(C(C)=O)CC3OC1CC(N)C(O)CO1. The molecule has 3 aliphatic rings. The zero-order chi connectivity index (χ0) is 26.8. The molecule has 6 N–H and O–H groups in total. The van der Waals surface area contributed by atoms with Gasteiger partial charge in [0.15, 0.2) is 17.9 Å². The highest BCUT2D eigenvalue weighted by Crippen LogP contribution is 2.52. The average Bonchev–Trinajstić information content (AvgIpc) is 2.86. The third kappa shape index (κ3) is 3.82. The number of carbonyl (C=O) groups is 3. The van der Waals surface area contributed by atoms with E-state index in [1.54, 1.807) is 0 Å². The number of methoxy groups -OCH3 is 1. The van der Waals surface area contributed by atoms with Crippen molar-refractivity contribution in [2.45, 2.75) is 56.3 Å². The molecule has 11 nitrogen and oxygen atoms in total. The second kappa shape index (κ2) is 8.89. The number of ketones is 3. The molecule has 1 aliphatic heterocycles. The molecule has 5 rings (SSSR count). The Balaban J connectivity index is 1.69. The molecule has 5 unspecified atom stereocenters. The molecule has 2 aliphatic carbocycles. The van der Waals surface area contributed by atoms with Gasteiger partial charge in [0.1, 0.15) is 22.8 Å². The molecule has 1 saturated heterocycles. The number of rotatable bonds is 4. The van der Waals surface area contributed by atoms with Gasteiger partial charge in [-0.3, -0.25) is 14.4 Å². The van der Waals surface area contributed by atoms with Gasteiger partial charge in [-0.2, -0.15) is 0 Å². The van der Waals surface area contributed by atoms with Crippen LogP contribution in [0.5, 0.6) is 17.2 Å². The first-order chi connectivity index (χ1) is 17.5. The number of carbonyl (C=O) groups excluding carboxylic acids is 3. The molecule has 1 fully saturated rings. The van der Waals surface area contributed by atoms with Crippen molar-refractivity contribution in [2.75, 3.05) is 13.7 Å². The van der Waals surface area contributed by atoms with Gasteiger partial charge in [-0.05, 0) is 13.0 Å². The quantitative estimate of drug-likeness (QED) is 0.308. The predicted octanol–water partition coefficient (Wildman–Crippen LogP) is 0.640. The van der Waals surface area contributed by atoms with E-state index in [4.69, 9.17) is 19.9 Å². The predicted molar refractivity (Wildman–Crippen MR) is 126 cm³/mol. The first kappa shape index (κ1) is 25.3. The van der Waals surface area contributed by atoms with Gasteiger partial charge in [-0.1, -0.05) is 12.1 Å². The van der Waals surface area contributed by atoms with E-state index >= 15 is 0 Å². The molecule has 0 saturated carbocycles. The molecule has 0 spiro atoms. The summed E-state index contributed by atoms with van der Waals surface area (Å²) in [7, 11) is 1.34. The Kier molecular flexibility index (Phi) is 6.08. The second-order valence-corrected chi connectivity index (χ2v) is 9.70. The van der Waals surface area contributed by atoms with Gasteiger partial charge in [0.05, 0.1) is 42.6 Å². The lowest BCUT2D eigenvalue weighted by atomic mass is 9.72. The lowest BCUT2D eigenvalue weighted by Crippen LogP contribution is -2.49. The van der Waals surface area contributed by atoms with Crippen molar-refractivity contribution in [2.24, 2.45) is 5.73 Å². The van der Waals surface area contributed by atoms with E-state index in [0.29, 0.717) is 0 Å². The molecule has 11 heteroatoms. The molecular weight excluding hydrogens is 486 g/mol. The number of aromatic hydroxyl groups is 2. The molecular formula is C26H27NO10. The van der Waals surface area contributed by atoms with Crippen LogP contribution < -0.4 is 10.5 Å². The number of ether oxygens (including phenoxy) is 3. The normalized spacial score (nSPS) is 28.8. The van der Waals surface area contributed by atoms with Gasteiger partial charge in [-0.15, -0.1) is 0 Å². The summed E-state index contributed by atoms with van der Waals surface area (Å²) in [5.74, 6) is -3.17. The fourth-order valence-corrected chi connectivity index (χ4v) is 5.36. The Morgan fingerprint density at radius 2 is 1.84 bits per heavy atom. The molecule has 2 aromatic rings. The van der Waals surface area contributed by atoms with Crippen LogP contribution in [0.15, 0.2) is 18.2 Å². The van der Waals surface area contributed by atoms with Crippen molar-refractivity contribution < 1.29 is 49.0 Å². The summed E-state index contributed by atoms with van der Waals surface area (Å²) in [5.41, 5.74) is 2.90. The maximum Gasteiger partial charge on any atom is 0.202 e. The van der Waals surface area contributed by atoms with E-state index in [9.17, 15) is 34.8 Å². The minimum Gasteiger partial charge on any atom is -0.507 e. The summed E-state index contributed by atoms with van der Waals surface area (Å²) in [6, 6.07) is 3.77. The Bertz CT molecular complexity index is 1340. The van der Waals surface area contributed by atoms with Crippen LogP contribution in [0.1, 0.15) is 68.8 Å². The van der Waals surface area contributed by atoms with Crippen molar-refractivity contribution >= 4 is 17.3 Å². The summed E-state index contributed by atoms with van der Waals surface area (Å²) >= 11 is 0. The number of aliphatic hydroxyl groups is 2. The topological polar surface area (TPSA) is 186 Å². The van der Waals surface area contributed by atoms with Gasteiger partial charge < -0.3 is 40.4 Å². The van der Waals surface area contributed by atoms with Crippen LogP contribution in [-0.4, -0.2) is 75.5 Å². The number of phenols is 2. The minimum absolute atomic E-state index is 0.0138. The molecule has 0 aromatic heterocycles. The van der Waals surface area contributed by atoms with Gasteiger partial charge in [0, 0.05) is 42.0 Å². The highest BCUT2D eigenvalue weighted by Gasteiger charge is 2.49. The maximum absolute atomic E-state index is 13.6. The molecule has 37 heavy (non-hydrogen) atoms. The number of fused-ring (bicyclic) bond motifs is 3. The van der Waals surface area contributed by atoms with Gasteiger partial charge in [0.2, 0.25) is 5.78 Å². The lowest BCUT2D eigenvalue weighted by Gasteiger charge is -2.40. The first-order valence-corrected chi connectivity index (χ1v) is 11.8. The average molecular weight is 513 g/mol. The van der Waals surface area contributed by atoms with E-state index < -0.39 is 76.5 Å². The van der Waals surface area contributed by atoms with Crippen LogP contribution in [0.25, 0.3) is 0 Å². The summed E-state index contributed by atoms with van der Waals surface area (Å²) in [6.45, 7) is 1.06. The number of nitrogens with two attached hydrogens (primary N) is 1. The number of phenolic OH excluding ortho intramolecular Hbond substituents is 2. The van der Waals surface area contributed by atoms with Crippen LogP contribution >= 0.6 is 0 Å². The standard InChI is InChI=1S/C26H27NO10/c1-10(28)26(34)7-12-19(16(8-26)37-17-6-13(27)14(29)9-36-17)25(33)21-20(23(12)31)22(30)11-4-3-5-15(35-2)18(11)24(21)32/h3-5,13-14,16-17,29,31,33-34H,6-9,27H2,1-2H3. The Labute approximate surface area is 211 Å². The van der Waals surface area contributed by atoms with Crippen molar-refractivity contribution in [3.05, 3.63) is 51.6 Å². The number of hydrogen-bond donors (Lipinski definition) is 5. The van der Waals surface area contributed by atoms with E-state index in [1.807, 2.05) is 0 Å². The number of aliphatic hydroxyl groups excluding tert-OH is 1. The first-order valence-electron chi connectivity index (χ1n) is 11.8. The molecule has 0 radical (unpaired) electrons. The Morgan fingerprint density at radius 1 is 1.14 bits per heavy atom. The van der Waals surface area contributed by atoms with Gasteiger partial charge >= 0.3 is 0 Å². The summed E-state index contributed by atoms with van der Waals surface area (Å²) < 4.78 is 16.8. The minimum atomic E-state index is -1.99. The number of Topliss-reactive ketones (excluding diaryl/α,β-unsaturated/α-hetero) is 1. The lowest BCUT2D eigenvalue weighted by molar-refractivity contribution is -0.223. The molecule has 1 heterocycles. The van der Waals surface area contributed by atoms with Crippen LogP contribution in [-0.2, 0) is 20.7 Å². The molecule has 0 bridgehead atoms. The van der Waals surface area contributed by atoms with E-state index in [1.165, 1.54) is 32.2 Å². The summed E-state index contributed by atoms with van der Waals surface area (Å²) in [6.07, 6.45) is -3.76. The van der Waals surface area contributed by atoms with E-state index in [-0.39, 0.29) is 47.5 Å².